The maximum atomic E-state index is 13.4. The Kier molecular flexibility index (Phi) is 9.13. The minimum absolute atomic E-state index is 0.0619. The molecule has 1 aromatic heterocycles. The Morgan fingerprint density at radius 3 is 2.20 bits per heavy atom. The van der Waals surface area contributed by atoms with Crippen molar-refractivity contribution in [3.8, 4) is 0 Å². The van der Waals surface area contributed by atoms with Gasteiger partial charge in [0.05, 0.1) is 6.54 Å². The van der Waals surface area contributed by atoms with Crippen LogP contribution in [0.15, 0.2) is 65.4 Å². The van der Waals surface area contributed by atoms with Gasteiger partial charge in [0, 0.05) is 36.3 Å². The molecular weight excluding hydrogens is 593 g/mol. The smallest absolute Gasteiger partial charge is 0.475 e. The number of aliphatic carboxylic acids is 1. The number of amides is 1. The molecule has 9 nitrogen and oxygen atoms in total. The Bertz CT molecular complexity index is 1320. The largest absolute Gasteiger partial charge is 0.490 e. The Labute approximate surface area is 237 Å². The number of carboxylic acids is 1. The van der Waals surface area contributed by atoms with Gasteiger partial charge < -0.3 is 20.2 Å². The van der Waals surface area contributed by atoms with Crippen molar-refractivity contribution in [1.29, 1.82) is 0 Å². The SMILES string of the molecule is CCC1Nc2ncnc(N3CCN(c4ccccc4)CC3)c2N(Cc2ccc(Br)cc2)C1=O.O=C(O)C(F)(F)F. The van der Waals surface area contributed by atoms with Gasteiger partial charge in [0.1, 0.15) is 18.1 Å². The molecule has 2 aliphatic rings. The van der Waals surface area contributed by atoms with Gasteiger partial charge in [0.15, 0.2) is 11.6 Å². The second-order valence-corrected chi connectivity index (χ2v) is 10.1. The van der Waals surface area contributed by atoms with Gasteiger partial charge in [0.2, 0.25) is 5.91 Å². The predicted molar refractivity (Wildman–Crippen MR) is 150 cm³/mol. The number of piperazine rings is 1. The highest BCUT2D eigenvalue weighted by Crippen LogP contribution is 2.39. The molecule has 2 aliphatic heterocycles. The summed E-state index contributed by atoms with van der Waals surface area (Å²) in [6.45, 7) is 5.96. The number of aromatic nitrogens is 2. The van der Waals surface area contributed by atoms with Crippen LogP contribution in [0.1, 0.15) is 18.9 Å². The van der Waals surface area contributed by atoms with Crippen LogP contribution in [0.4, 0.5) is 36.2 Å². The fraction of sp³-hybridized carbons (Fsp3) is 0.333. The first-order valence-electron chi connectivity index (χ1n) is 12.6. The third kappa shape index (κ3) is 6.82. The van der Waals surface area contributed by atoms with Crippen molar-refractivity contribution in [3.05, 3.63) is 71.0 Å². The fourth-order valence-electron chi connectivity index (χ4n) is 4.50. The number of alkyl halides is 3. The summed E-state index contributed by atoms with van der Waals surface area (Å²) in [6, 6.07) is 18.3. The molecular formula is C27H28BrF3N6O3. The number of benzene rings is 2. The molecule has 212 valence electrons. The van der Waals surface area contributed by atoms with E-state index in [1.54, 1.807) is 6.33 Å². The molecule has 5 rings (SSSR count). The van der Waals surface area contributed by atoms with E-state index in [0.29, 0.717) is 13.0 Å². The topological polar surface area (TPSA) is 102 Å². The first kappa shape index (κ1) is 29.1. The van der Waals surface area contributed by atoms with Crippen molar-refractivity contribution < 1.29 is 27.9 Å². The summed E-state index contributed by atoms with van der Waals surface area (Å²) >= 11 is 3.49. The molecule has 3 aromatic rings. The normalized spacial score (nSPS) is 17.0. The third-order valence-corrected chi connectivity index (χ3v) is 7.08. The molecule has 0 spiro atoms. The summed E-state index contributed by atoms with van der Waals surface area (Å²) in [7, 11) is 0. The molecule has 0 saturated carbocycles. The number of hydrogen-bond acceptors (Lipinski definition) is 7. The number of nitrogens with one attached hydrogen (secondary N) is 1. The summed E-state index contributed by atoms with van der Waals surface area (Å²) in [5, 5.41) is 10.5. The van der Waals surface area contributed by atoms with Crippen LogP contribution in [-0.2, 0) is 16.1 Å². The Morgan fingerprint density at radius 2 is 1.62 bits per heavy atom. The van der Waals surface area contributed by atoms with Gasteiger partial charge >= 0.3 is 12.1 Å². The van der Waals surface area contributed by atoms with Crippen LogP contribution < -0.4 is 20.0 Å². The van der Waals surface area contributed by atoms with Crippen LogP contribution in [0.3, 0.4) is 0 Å². The average molecular weight is 621 g/mol. The lowest BCUT2D eigenvalue weighted by molar-refractivity contribution is -0.192. The zero-order chi connectivity index (χ0) is 28.9. The molecule has 0 radical (unpaired) electrons. The van der Waals surface area contributed by atoms with Crippen molar-refractivity contribution in [2.45, 2.75) is 32.1 Å². The van der Waals surface area contributed by atoms with E-state index in [9.17, 15) is 18.0 Å². The zero-order valence-corrected chi connectivity index (χ0v) is 23.2. The molecule has 1 fully saturated rings. The Balaban J connectivity index is 0.000000470. The number of nitrogens with zero attached hydrogens (tertiary/aromatic N) is 5. The second kappa shape index (κ2) is 12.5. The van der Waals surface area contributed by atoms with E-state index in [-0.39, 0.29) is 11.9 Å². The van der Waals surface area contributed by atoms with Gasteiger partial charge in [0.25, 0.3) is 0 Å². The number of carbonyl (C=O) groups is 2. The molecule has 13 heteroatoms. The summed E-state index contributed by atoms with van der Waals surface area (Å²) in [5.74, 6) is -1.14. The number of carbonyl (C=O) groups excluding carboxylic acids is 1. The van der Waals surface area contributed by atoms with Gasteiger partial charge in [-0.1, -0.05) is 53.2 Å². The fourth-order valence-corrected chi connectivity index (χ4v) is 4.77. The zero-order valence-electron chi connectivity index (χ0n) is 21.6. The van der Waals surface area contributed by atoms with Gasteiger partial charge in [-0.25, -0.2) is 14.8 Å². The lowest BCUT2D eigenvalue weighted by Gasteiger charge is -2.40. The number of hydrogen-bond donors (Lipinski definition) is 2. The molecule has 1 atom stereocenters. The standard InChI is InChI=1S/C25H27BrN6O.C2HF3O2/c1-2-21-25(33)32(16-18-8-10-19(26)11-9-18)22-23(29-21)27-17-28-24(22)31-14-12-30(13-15-31)20-6-4-3-5-7-20;3-2(4,5)1(6)7/h3-11,17,21H,2,12-16H2,1H3,(H,27,28,29);(H,6,7). The summed E-state index contributed by atoms with van der Waals surface area (Å²) in [5.41, 5.74) is 3.09. The number of fused-ring (bicyclic) bond motifs is 1. The van der Waals surface area contributed by atoms with E-state index in [0.717, 1.165) is 53.5 Å². The van der Waals surface area contributed by atoms with Gasteiger partial charge in [-0.15, -0.1) is 0 Å². The second-order valence-electron chi connectivity index (χ2n) is 9.16. The molecule has 1 unspecified atom stereocenters. The monoisotopic (exact) mass is 620 g/mol. The Morgan fingerprint density at radius 1 is 1.02 bits per heavy atom. The van der Waals surface area contributed by atoms with E-state index in [2.05, 4.69) is 65.3 Å². The lowest BCUT2D eigenvalue weighted by Crippen LogP contribution is -2.50. The Hall–Kier alpha value is -3.87. The molecule has 2 N–H and O–H groups in total. The van der Waals surface area contributed by atoms with Gasteiger partial charge in [-0.2, -0.15) is 13.2 Å². The van der Waals surface area contributed by atoms with E-state index < -0.39 is 12.1 Å². The number of carboxylic acid groups (broad SMARTS) is 1. The summed E-state index contributed by atoms with van der Waals surface area (Å²) < 4.78 is 32.8. The van der Waals surface area contributed by atoms with Crippen molar-refractivity contribution in [3.63, 3.8) is 0 Å². The van der Waals surface area contributed by atoms with Gasteiger partial charge in [-0.05, 0) is 36.2 Å². The highest BCUT2D eigenvalue weighted by atomic mass is 79.9. The molecule has 0 aliphatic carbocycles. The summed E-state index contributed by atoms with van der Waals surface area (Å²) in [6.07, 6.45) is -2.78. The highest BCUT2D eigenvalue weighted by molar-refractivity contribution is 9.10. The first-order valence-corrected chi connectivity index (χ1v) is 13.4. The minimum Gasteiger partial charge on any atom is -0.475 e. The molecule has 40 heavy (non-hydrogen) atoms. The van der Waals surface area contributed by atoms with Crippen molar-refractivity contribution in [1.82, 2.24) is 9.97 Å². The average Bonchev–Trinajstić information content (AvgIpc) is 2.95. The number of anilines is 4. The number of para-hydroxylation sites is 1. The van der Waals surface area contributed by atoms with Crippen LogP contribution >= 0.6 is 15.9 Å². The van der Waals surface area contributed by atoms with Crippen LogP contribution in [0.5, 0.6) is 0 Å². The number of halogens is 4. The predicted octanol–water partition coefficient (Wildman–Crippen LogP) is 4.94. The maximum absolute atomic E-state index is 13.4. The number of rotatable bonds is 5. The van der Waals surface area contributed by atoms with E-state index in [1.807, 2.05) is 42.2 Å². The van der Waals surface area contributed by atoms with E-state index in [4.69, 9.17) is 9.90 Å². The van der Waals surface area contributed by atoms with Crippen LogP contribution in [-0.4, -0.2) is 65.3 Å². The highest BCUT2D eigenvalue weighted by Gasteiger charge is 2.38. The molecule has 0 bridgehead atoms. The van der Waals surface area contributed by atoms with Crippen LogP contribution in [0.2, 0.25) is 0 Å². The van der Waals surface area contributed by atoms with Crippen molar-refractivity contribution >= 4 is 50.8 Å². The minimum atomic E-state index is -5.08. The molecule has 1 saturated heterocycles. The van der Waals surface area contributed by atoms with Crippen LogP contribution in [0.25, 0.3) is 0 Å². The van der Waals surface area contributed by atoms with E-state index in [1.165, 1.54) is 5.69 Å². The molecule has 3 heterocycles. The van der Waals surface area contributed by atoms with Crippen molar-refractivity contribution in [2.75, 3.05) is 46.2 Å². The third-order valence-electron chi connectivity index (χ3n) is 6.55. The van der Waals surface area contributed by atoms with Crippen molar-refractivity contribution in [2.24, 2.45) is 0 Å². The van der Waals surface area contributed by atoms with Gasteiger partial charge in [-0.3, -0.25) is 9.69 Å². The van der Waals surface area contributed by atoms with E-state index >= 15 is 0 Å². The first-order chi connectivity index (χ1) is 19.1. The molecule has 1 amide bonds. The molecule has 2 aromatic carbocycles. The quantitative estimate of drug-likeness (QED) is 0.414. The lowest BCUT2D eigenvalue weighted by atomic mass is 10.1. The van der Waals surface area contributed by atoms with Crippen LogP contribution in [0, 0.1) is 0 Å². The summed E-state index contributed by atoms with van der Waals surface area (Å²) in [4.78, 5) is 38.0. The maximum Gasteiger partial charge on any atom is 0.490 e.